The first-order chi connectivity index (χ1) is 9.84. The van der Waals surface area contributed by atoms with Crippen molar-refractivity contribution in [3.05, 3.63) is 54.5 Å². The lowest BCUT2D eigenvalue weighted by molar-refractivity contribution is 1.30. The van der Waals surface area contributed by atoms with E-state index in [2.05, 4.69) is 51.6 Å². The maximum atomic E-state index is 4.61. The largest absolute Gasteiger partial charge is 0.305 e. The van der Waals surface area contributed by atoms with E-state index in [-0.39, 0.29) is 0 Å². The van der Waals surface area contributed by atoms with Crippen molar-refractivity contribution >= 4 is 38.2 Å². The zero-order valence-electron chi connectivity index (χ0n) is 11.0. The molecule has 20 heavy (non-hydrogen) atoms. The highest BCUT2D eigenvalue weighted by Gasteiger charge is 2.17. The van der Waals surface area contributed by atoms with Crippen molar-refractivity contribution in [2.45, 2.75) is 6.92 Å². The van der Waals surface area contributed by atoms with Gasteiger partial charge >= 0.3 is 0 Å². The molecule has 4 aromatic heterocycles. The second-order valence-electron chi connectivity index (χ2n) is 5.30. The minimum atomic E-state index is 1.08. The molecule has 94 valence electrons. The van der Waals surface area contributed by atoms with Gasteiger partial charge in [-0.2, -0.15) is 0 Å². The van der Waals surface area contributed by atoms with Gasteiger partial charge in [-0.05, 0) is 31.2 Å². The van der Waals surface area contributed by atoms with Crippen LogP contribution in [0.3, 0.4) is 0 Å². The van der Waals surface area contributed by atoms with Gasteiger partial charge in [0.05, 0.1) is 28.3 Å². The first-order valence-corrected chi connectivity index (χ1v) is 6.69. The van der Waals surface area contributed by atoms with E-state index in [0.717, 1.165) is 11.0 Å². The number of aromatic nitrogens is 3. The summed E-state index contributed by atoms with van der Waals surface area (Å²) in [5.41, 5.74) is 5.90. The van der Waals surface area contributed by atoms with Gasteiger partial charge in [0.2, 0.25) is 0 Å². The molecule has 3 heteroatoms. The van der Waals surface area contributed by atoms with Gasteiger partial charge in [-0.1, -0.05) is 11.6 Å². The summed E-state index contributed by atoms with van der Waals surface area (Å²) < 4.78 is 2.29. The SMILES string of the molecule is Cc1ccc2c(c1)c1nccc3c4ccncc4n2c31. The summed E-state index contributed by atoms with van der Waals surface area (Å²) in [6, 6.07) is 10.7. The average Bonchev–Trinajstić information content (AvgIpc) is 2.98. The average molecular weight is 257 g/mol. The van der Waals surface area contributed by atoms with E-state index in [1.807, 2.05) is 18.6 Å². The quantitative estimate of drug-likeness (QED) is 0.420. The second-order valence-corrected chi connectivity index (χ2v) is 5.30. The van der Waals surface area contributed by atoms with Crippen LogP contribution in [0.4, 0.5) is 0 Å². The zero-order valence-corrected chi connectivity index (χ0v) is 11.0. The third kappa shape index (κ3) is 1.03. The van der Waals surface area contributed by atoms with Crippen molar-refractivity contribution in [3.8, 4) is 0 Å². The molecule has 0 bridgehead atoms. The molecule has 0 aliphatic carbocycles. The van der Waals surface area contributed by atoms with Crippen LogP contribution in [0.15, 0.2) is 48.9 Å². The van der Waals surface area contributed by atoms with E-state index in [1.54, 1.807) is 0 Å². The fourth-order valence-corrected chi connectivity index (χ4v) is 3.29. The highest BCUT2D eigenvalue weighted by Crippen LogP contribution is 2.37. The van der Waals surface area contributed by atoms with Crippen molar-refractivity contribution in [3.63, 3.8) is 0 Å². The molecule has 0 fully saturated rings. The normalized spacial score (nSPS) is 12.2. The summed E-state index contributed by atoms with van der Waals surface area (Å²) in [5, 5.41) is 3.71. The first-order valence-electron chi connectivity index (χ1n) is 6.69. The van der Waals surface area contributed by atoms with Crippen LogP contribution in [0.25, 0.3) is 38.2 Å². The van der Waals surface area contributed by atoms with Gasteiger partial charge in [0.25, 0.3) is 0 Å². The van der Waals surface area contributed by atoms with Crippen LogP contribution >= 0.6 is 0 Å². The minimum Gasteiger partial charge on any atom is -0.305 e. The minimum absolute atomic E-state index is 1.08. The van der Waals surface area contributed by atoms with Crippen LogP contribution in [0.1, 0.15) is 5.56 Å². The molecule has 0 aliphatic heterocycles. The highest BCUT2D eigenvalue weighted by molar-refractivity contribution is 6.21. The third-order valence-corrected chi connectivity index (χ3v) is 4.13. The van der Waals surface area contributed by atoms with Crippen molar-refractivity contribution in [2.24, 2.45) is 0 Å². The number of benzene rings is 1. The number of rotatable bonds is 0. The molecule has 5 aromatic rings. The number of pyridine rings is 2. The van der Waals surface area contributed by atoms with Gasteiger partial charge in [-0.15, -0.1) is 0 Å². The lowest BCUT2D eigenvalue weighted by Gasteiger charge is -1.97. The van der Waals surface area contributed by atoms with Crippen LogP contribution in [0, 0.1) is 6.92 Å². The molecule has 0 saturated carbocycles. The maximum Gasteiger partial charge on any atom is 0.0969 e. The highest BCUT2D eigenvalue weighted by atomic mass is 14.9. The van der Waals surface area contributed by atoms with Gasteiger partial charge in [-0.3, -0.25) is 9.97 Å². The van der Waals surface area contributed by atoms with Crippen LogP contribution in [0.5, 0.6) is 0 Å². The summed E-state index contributed by atoms with van der Waals surface area (Å²) >= 11 is 0. The Balaban J connectivity index is 2.27. The number of hydrogen-bond acceptors (Lipinski definition) is 2. The van der Waals surface area contributed by atoms with Gasteiger partial charge in [0.1, 0.15) is 0 Å². The number of fused-ring (bicyclic) bond motifs is 6. The molecule has 0 saturated heterocycles. The van der Waals surface area contributed by atoms with E-state index in [4.69, 9.17) is 0 Å². The summed E-state index contributed by atoms with van der Waals surface area (Å²) in [4.78, 5) is 8.90. The Morgan fingerprint density at radius 1 is 0.900 bits per heavy atom. The number of nitrogens with zero attached hydrogens (tertiary/aromatic N) is 3. The van der Waals surface area contributed by atoms with Crippen molar-refractivity contribution in [1.29, 1.82) is 0 Å². The van der Waals surface area contributed by atoms with E-state index in [0.29, 0.717) is 0 Å². The smallest absolute Gasteiger partial charge is 0.0969 e. The van der Waals surface area contributed by atoms with E-state index >= 15 is 0 Å². The van der Waals surface area contributed by atoms with Gasteiger partial charge < -0.3 is 4.40 Å². The Hall–Kier alpha value is -2.68. The van der Waals surface area contributed by atoms with E-state index < -0.39 is 0 Å². The molecule has 0 atom stereocenters. The van der Waals surface area contributed by atoms with Crippen LogP contribution in [-0.4, -0.2) is 14.4 Å². The van der Waals surface area contributed by atoms with Gasteiger partial charge in [-0.25, -0.2) is 0 Å². The molecule has 0 radical (unpaired) electrons. The number of aryl methyl sites for hydroxylation is 1. The van der Waals surface area contributed by atoms with Crippen molar-refractivity contribution in [1.82, 2.24) is 14.4 Å². The van der Waals surface area contributed by atoms with Crippen molar-refractivity contribution < 1.29 is 0 Å². The first kappa shape index (κ1) is 10.1. The predicted octanol–water partition coefficient (Wildman–Crippen LogP) is 3.94. The lowest BCUT2D eigenvalue weighted by Crippen LogP contribution is -1.81. The Kier molecular flexibility index (Phi) is 1.65. The summed E-state index contributed by atoms with van der Waals surface area (Å²) in [7, 11) is 0. The molecular weight excluding hydrogens is 246 g/mol. The molecule has 3 nitrogen and oxygen atoms in total. The Morgan fingerprint density at radius 2 is 1.80 bits per heavy atom. The van der Waals surface area contributed by atoms with Gasteiger partial charge in [0, 0.05) is 28.6 Å². The fraction of sp³-hybridized carbons (Fsp3) is 0.0588. The topological polar surface area (TPSA) is 30.2 Å². The molecule has 1 aromatic carbocycles. The summed E-state index contributed by atoms with van der Waals surface area (Å²) in [6.07, 6.45) is 5.69. The third-order valence-electron chi connectivity index (χ3n) is 4.13. The Bertz CT molecular complexity index is 1110. The van der Waals surface area contributed by atoms with Crippen molar-refractivity contribution in [2.75, 3.05) is 0 Å². The second kappa shape index (κ2) is 3.25. The molecule has 0 unspecified atom stereocenters. The lowest BCUT2D eigenvalue weighted by atomic mass is 10.1. The van der Waals surface area contributed by atoms with E-state index in [1.165, 1.54) is 32.8 Å². The predicted molar refractivity (Wildman–Crippen MR) is 81.4 cm³/mol. The van der Waals surface area contributed by atoms with E-state index in [9.17, 15) is 0 Å². The maximum absolute atomic E-state index is 4.61. The molecule has 0 spiro atoms. The Morgan fingerprint density at radius 3 is 2.75 bits per heavy atom. The van der Waals surface area contributed by atoms with Crippen LogP contribution in [0.2, 0.25) is 0 Å². The molecule has 0 N–H and O–H groups in total. The summed E-state index contributed by atoms with van der Waals surface area (Å²) in [6.45, 7) is 2.12. The fourth-order valence-electron chi connectivity index (χ4n) is 3.29. The Labute approximate surface area is 114 Å². The molecule has 4 heterocycles. The molecular formula is C17H11N3. The monoisotopic (exact) mass is 257 g/mol. The zero-order chi connectivity index (χ0) is 13.3. The number of hydrogen-bond donors (Lipinski definition) is 0. The summed E-state index contributed by atoms with van der Waals surface area (Å²) in [5.74, 6) is 0. The van der Waals surface area contributed by atoms with Crippen LogP contribution < -0.4 is 0 Å². The molecule has 5 rings (SSSR count). The van der Waals surface area contributed by atoms with Gasteiger partial charge in [0.15, 0.2) is 0 Å². The van der Waals surface area contributed by atoms with Crippen LogP contribution in [-0.2, 0) is 0 Å². The standard InChI is InChI=1S/C17H11N3/c1-10-2-3-14-13(8-10)16-17-12(5-7-19-16)11-4-6-18-9-15(11)20(14)17/h2-9H,1H3. The molecule has 0 amide bonds. The molecule has 0 aliphatic rings.